The van der Waals surface area contributed by atoms with E-state index in [1.807, 2.05) is 43.1 Å². The first-order chi connectivity index (χ1) is 20.5. The molecule has 0 radical (unpaired) electrons. The van der Waals surface area contributed by atoms with Gasteiger partial charge < -0.3 is 15.5 Å². The Hall–Kier alpha value is -3.75. The highest BCUT2D eigenvalue weighted by atomic mass is 127. The Labute approximate surface area is 268 Å². The van der Waals surface area contributed by atoms with Crippen molar-refractivity contribution in [1.29, 1.82) is 0 Å². The lowest BCUT2D eigenvalue weighted by Crippen LogP contribution is -2.50. The van der Waals surface area contributed by atoms with Crippen molar-refractivity contribution in [3.8, 4) is 0 Å². The van der Waals surface area contributed by atoms with Crippen molar-refractivity contribution in [3.05, 3.63) is 104 Å². The molecule has 0 bridgehead atoms. The van der Waals surface area contributed by atoms with Gasteiger partial charge in [-0.05, 0) is 41.2 Å². The fourth-order valence-electron chi connectivity index (χ4n) is 5.70. The lowest BCUT2D eigenvalue weighted by Gasteiger charge is -2.34. The van der Waals surface area contributed by atoms with Crippen molar-refractivity contribution in [3.63, 3.8) is 0 Å². The topological polar surface area (TPSA) is 121 Å². The molecule has 10 nitrogen and oxygen atoms in total. The van der Waals surface area contributed by atoms with Gasteiger partial charge in [-0.25, -0.2) is 25.2 Å². The normalized spacial score (nSPS) is 23.0. The number of allylic oxidation sites excluding steroid dienone is 6. The number of aromatic nitrogens is 2. The molecular formula is C30H32ClFIN9O. The smallest absolute Gasteiger partial charge is 0.255 e. The molecule has 1 aromatic heterocycles. The van der Waals surface area contributed by atoms with Gasteiger partial charge in [-0.1, -0.05) is 55.1 Å². The van der Waals surface area contributed by atoms with E-state index >= 15 is 0 Å². The number of hydrogen-bond donors (Lipinski definition) is 2. The third-order valence-corrected chi connectivity index (χ3v) is 9.37. The molecule has 1 aromatic carbocycles. The number of halogens is 3. The van der Waals surface area contributed by atoms with Gasteiger partial charge in [0.1, 0.15) is 11.7 Å². The third-order valence-electron chi connectivity index (χ3n) is 7.90. The van der Waals surface area contributed by atoms with Gasteiger partial charge in [-0.2, -0.15) is 4.99 Å². The van der Waals surface area contributed by atoms with Crippen LogP contribution in [0.1, 0.15) is 18.2 Å². The molecule has 3 atom stereocenters. The van der Waals surface area contributed by atoms with Crippen LogP contribution in [0, 0.1) is 11.8 Å². The number of nitrogens with zero attached hydrogens (tertiary/aromatic N) is 7. The zero-order valence-electron chi connectivity index (χ0n) is 24.0. The van der Waals surface area contributed by atoms with Crippen molar-refractivity contribution in [2.45, 2.75) is 13.0 Å². The molecular weight excluding hydrogens is 684 g/mol. The number of piperidine rings is 1. The van der Waals surface area contributed by atoms with Crippen molar-refractivity contribution in [1.82, 2.24) is 19.5 Å². The van der Waals surface area contributed by atoms with E-state index in [1.165, 1.54) is 27.8 Å². The van der Waals surface area contributed by atoms with Crippen LogP contribution in [0.4, 0.5) is 10.3 Å². The van der Waals surface area contributed by atoms with E-state index in [2.05, 4.69) is 55.6 Å². The first-order valence-electron chi connectivity index (χ1n) is 13.5. The molecule has 224 valence electrons. The van der Waals surface area contributed by atoms with Crippen LogP contribution in [0.25, 0.3) is 11.1 Å². The second-order valence-corrected chi connectivity index (χ2v) is 12.0. The van der Waals surface area contributed by atoms with E-state index < -0.39 is 5.83 Å². The van der Waals surface area contributed by atoms with Gasteiger partial charge in [0.15, 0.2) is 5.82 Å². The summed E-state index contributed by atoms with van der Waals surface area (Å²) in [7, 11) is 3.55. The maximum atomic E-state index is 14.5. The summed E-state index contributed by atoms with van der Waals surface area (Å²) in [5.74, 6) is 8.66. The van der Waals surface area contributed by atoms with Crippen molar-refractivity contribution in [2.75, 3.05) is 25.0 Å². The minimum absolute atomic E-state index is 0.0955. The predicted molar refractivity (Wildman–Crippen MR) is 180 cm³/mol. The zero-order valence-corrected chi connectivity index (χ0v) is 26.9. The van der Waals surface area contributed by atoms with Gasteiger partial charge in [0.25, 0.3) is 5.56 Å². The Bertz CT molecular complexity index is 1710. The molecule has 1 saturated heterocycles. The van der Waals surface area contributed by atoms with Gasteiger partial charge in [0, 0.05) is 73.5 Å². The maximum absolute atomic E-state index is 14.5. The summed E-state index contributed by atoms with van der Waals surface area (Å²) in [6, 6.07) is 8.92. The molecule has 13 heteroatoms. The van der Waals surface area contributed by atoms with Crippen LogP contribution in [-0.4, -0.2) is 57.4 Å². The first-order valence-corrected chi connectivity index (χ1v) is 14.9. The Morgan fingerprint density at radius 2 is 1.93 bits per heavy atom. The fraction of sp³-hybridized carbons (Fsp3) is 0.267. The van der Waals surface area contributed by atoms with Crippen molar-refractivity contribution >= 4 is 63.1 Å². The number of hydrogen-bond acceptors (Lipinski definition) is 9. The number of hydrazine groups is 1. The van der Waals surface area contributed by atoms with Gasteiger partial charge in [-0.15, -0.1) is 0 Å². The van der Waals surface area contributed by atoms with E-state index in [0.717, 1.165) is 15.3 Å². The minimum Gasteiger partial charge on any atom is -0.402 e. The highest BCUT2D eigenvalue weighted by molar-refractivity contribution is 14.1. The number of guanidine groups is 1. The largest absolute Gasteiger partial charge is 0.402 e. The lowest BCUT2D eigenvalue weighted by molar-refractivity contribution is 0.365. The van der Waals surface area contributed by atoms with E-state index in [9.17, 15) is 9.18 Å². The average Bonchev–Trinajstić information content (AvgIpc) is 3.49. The number of anilines is 1. The molecule has 2 aromatic rings. The highest BCUT2D eigenvalue weighted by Crippen LogP contribution is 2.50. The molecule has 0 amide bonds. The average molecular weight is 716 g/mol. The van der Waals surface area contributed by atoms with E-state index in [4.69, 9.17) is 23.2 Å². The number of nitrogens with two attached hydrogens (primary N) is 2. The summed E-state index contributed by atoms with van der Waals surface area (Å²) in [6.07, 6.45) is 3.71. The Morgan fingerprint density at radius 1 is 1.26 bits per heavy atom. The van der Waals surface area contributed by atoms with E-state index in [1.54, 1.807) is 7.05 Å². The number of likely N-dealkylation sites (tertiary alicyclic amines) is 1. The van der Waals surface area contributed by atoms with Crippen LogP contribution >= 0.6 is 34.2 Å². The number of fused-ring (bicyclic) bond motifs is 1. The summed E-state index contributed by atoms with van der Waals surface area (Å²) < 4.78 is 16.7. The molecule has 3 aliphatic rings. The number of benzene rings is 1. The molecule has 1 saturated carbocycles. The standard InChI is InChI=1S/C30H32ClFIN9O/c1-6-9-19(23(32)13-34)24-12-25(43)39(4)29(38-24)40(5)27-20-14-41(15-21(20)27)30-37-17(3)36-28(42(30)35)26(33)16(2)18-10-7-8-11-22(18)31/h6-13,20-21,27H,1-2,14-15,34-35H2,3-5H3/b19-9+,23-13+,28-26+/t20-,21+,27?. The summed E-state index contributed by atoms with van der Waals surface area (Å²) >= 11 is 8.62. The second kappa shape index (κ2) is 12.1. The van der Waals surface area contributed by atoms with Crippen LogP contribution in [0.15, 0.2) is 91.8 Å². The predicted octanol–water partition coefficient (Wildman–Crippen LogP) is 4.42. The van der Waals surface area contributed by atoms with Crippen LogP contribution < -0.4 is 22.0 Å². The number of rotatable bonds is 7. The minimum atomic E-state index is -0.690. The molecule has 3 heterocycles. The quantitative estimate of drug-likeness (QED) is 0.248. The molecule has 2 fully saturated rings. The summed E-state index contributed by atoms with van der Waals surface area (Å²) in [4.78, 5) is 30.9. The molecule has 0 spiro atoms. The highest BCUT2D eigenvalue weighted by Gasteiger charge is 2.59. The Kier molecular flexibility index (Phi) is 8.63. The Balaban J connectivity index is 1.35. The van der Waals surface area contributed by atoms with Gasteiger partial charge >= 0.3 is 0 Å². The fourth-order valence-corrected chi connectivity index (χ4v) is 6.63. The zero-order chi connectivity index (χ0) is 31.2. The van der Waals surface area contributed by atoms with Crippen LogP contribution in [-0.2, 0) is 7.05 Å². The summed E-state index contributed by atoms with van der Waals surface area (Å²) in [5.41, 5.74) is 6.91. The third kappa shape index (κ3) is 5.66. The maximum Gasteiger partial charge on any atom is 0.255 e. The molecule has 43 heavy (non-hydrogen) atoms. The monoisotopic (exact) mass is 715 g/mol. The van der Waals surface area contributed by atoms with E-state index in [-0.39, 0.29) is 34.7 Å². The summed E-state index contributed by atoms with van der Waals surface area (Å²) in [5, 5.41) is 2.10. The van der Waals surface area contributed by atoms with Crippen LogP contribution in [0.2, 0.25) is 5.02 Å². The molecule has 5 rings (SSSR count). The number of aliphatic imine (C=N–C) groups is 2. The number of amidine groups is 1. The molecule has 1 unspecified atom stereocenters. The SMILES string of the molecule is C=C/C=C(\C(F)=C/N)c1cc(=O)n(C)c(N(C)C2[C@H]3CN(C4=NC(C)=N/C(=C(\I)C(=C)c5ccccc5Cl)N4N)C[C@@H]23)n1. The second-order valence-electron chi connectivity index (χ2n) is 10.5. The van der Waals surface area contributed by atoms with Crippen molar-refractivity contribution in [2.24, 2.45) is 40.4 Å². The Morgan fingerprint density at radius 3 is 2.56 bits per heavy atom. The summed E-state index contributed by atoms with van der Waals surface area (Å²) in [6.45, 7) is 11.1. The van der Waals surface area contributed by atoms with Crippen LogP contribution in [0.3, 0.4) is 0 Å². The van der Waals surface area contributed by atoms with Gasteiger partial charge in [0.05, 0.1) is 9.27 Å². The van der Waals surface area contributed by atoms with Gasteiger partial charge in [0.2, 0.25) is 11.9 Å². The molecule has 4 N–H and O–H groups in total. The van der Waals surface area contributed by atoms with E-state index in [0.29, 0.717) is 47.2 Å². The molecule has 1 aliphatic carbocycles. The lowest BCUT2D eigenvalue weighted by atomic mass is 10.1. The van der Waals surface area contributed by atoms with Gasteiger partial charge in [-0.3, -0.25) is 9.36 Å². The van der Waals surface area contributed by atoms with Crippen molar-refractivity contribution < 1.29 is 4.39 Å². The first kappa shape index (κ1) is 30.7. The van der Waals surface area contributed by atoms with Crippen LogP contribution in [0.5, 0.6) is 0 Å². The molecule has 2 aliphatic heterocycles.